The Balaban J connectivity index is 1.90. The number of rotatable bonds is 2. The van der Waals surface area contributed by atoms with Crippen LogP contribution in [0.4, 0.5) is 4.39 Å². The maximum atomic E-state index is 13.4. The van der Waals surface area contributed by atoms with Crippen molar-refractivity contribution >= 4 is 5.91 Å². The number of halogens is 1. The molecule has 3 atom stereocenters. The standard InChI is InChI=1S/C15H20FN3O/c1-10-15(20)19(13-6-7-18(2)9-13)14(17-10)11-4-3-5-12(16)8-11/h3-5,8,10,13-14,17H,6-7,9H2,1-2H3. The number of hydrogen-bond donors (Lipinski definition) is 1. The third kappa shape index (κ3) is 2.31. The molecule has 3 unspecified atom stereocenters. The summed E-state index contributed by atoms with van der Waals surface area (Å²) in [7, 11) is 2.06. The predicted molar refractivity (Wildman–Crippen MR) is 74.5 cm³/mol. The normalized spacial score (nSPS) is 31.2. The smallest absolute Gasteiger partial charge is 0.241 e. The Hall–Kier alpha value is -1.46. The number of likely N-dealkylation sites (tertiary alicyclic amines) is 1. The summed E-state index contributed by atoms with van der Waals surface area (Å²) < 4.78 is 13.4. The van der Waals surface area contributed by atoms with Crippen molar-refractivity contribution in [1.82, 2.24) is 15.1 Å². The lowest BCUT2D eigenvalue weighted by Gasteiger charge is -2.30. The summed E-state index contributed by atoms with van der Waals surface area (Å²) in [5.74, 6) is -0.153. The van der Waals surface area contributed by atoms with E-state index in [4.69, 9.17) is 0 Å². The Morgan fingerprint density at radius 1 is 1.40 bits per heavy atom. The monoisotopic (exact) mass is 277 g/mol. The fraction of sp³-hybridized carbons (Fsp3) is 0.533. The van der Waals surface area contributed by atoms with Crippen molar-refractivity contribution in [2.45, 2.75) is 31.6 Å². The number of hydrogen-bond acceptors (Lipinski definition) is 3. The van der Waals surface area contributed by atoms with Crippen LogP contribution in [0.1, 0.15) is 25.1 Å². The SMILES string of the molecule is CC1NC(c2cccc(F)c2)N(C2CCN(C)C2)C1=O. The van der Waals surface area contributed by atoms with Crippen molar-refractivity contribution in [3.63, 3.8) is 0 Å². The van der Waals surface area contributed by atoms with Crippen LogP contribution in [0.15, 0.2) is 24.3 Å². The van der Waals surface area contributed by atoms with Crippen LogP contribution in [0.2, 0.25) is 0 Å². The number of benzene rings is 1. The number of carbonyl (C=O) groups excluding carboxylic acids is 1. The van der Waals surface area contributed by atoms with E-state index in [1.54, 1.807) is 6.07 Å². The predicted octanol–water partition coefficient (Wildman–Crippen LogP) is 1.35. The topological polar surface area (TPSA) is 35.6 Å². The van der Waals surface area contributed by atoms with Gasteiger partial charge in [-0.2, -0.15) is 0 Å². The highest BCUT2D eigenvalue weighted by molar-refractivity contribution is 5.84. The second-order valence-electron chi connectivity index (χ2n) is 5.80. The molecule has 0 aromatic heterocycles. The first kappa shape index (κ1) is 13.5. The van der Waals surface area contributed by atoms with Crippen molar-refractivity contribution in [2.24, 2.45) is 0 Å². The van der Waals surface area contributed by atoms with Gasteiger partial charge in [0.25, 0.3) is 0 Å². The highest BCUT2D eigenvalue weighted by Gasteiger charge is 2.42. The fourth-order valence-corrected chi connectivity index (χ4v) is 3.20. The van der Waals surface area contributed by atoms with Crippen LogP contribution >= 0.6 is 0 Å². The molecule has 2 aliphatic rings. The molecule has 5 heteroatoms. The minimum Gasteiger partial charge on any atom is -0.317 e. The molecule has 0 radical (unpaired) electrons. The van der Waals surface area contributed by atoms with E-state index in [9.17, 15) is 9.18 Å². The van der Waals surface area contributed by atoms with Gasteiger partial charge in [0.1, 0.15) is 12.0 Å². The molecule has 108 valence electrons. The molecule has 0 saturated carbocycles. The van der Waals surface area contributed by atoms with E-state index < -0.39 is 0 Å². The molecule has 2 fully saturated rings. The molecule has 0 spiro atoms. The molecule has 2 aliphatic heterocycles. The first-order valence-corrected chi connectivity index (χ1v) is 7.08. The average Bonchev–Trinajstić information content (AvgIpc) is 2.95. The lowest BCUT2D eigenvalue weighted by Crippen LogP contribution is -2.41. The molecule has 1 amide bonds. The van der Waals surface area contributed by atoms with Crippen molar-refractivity contribution in [2.75, 3.05) is 20.1 Å². The van der Waals surface area contributed by atoms with Crippen LogP contribution in [0.25, 0.3) is 0 Å². The number of nitrogens with one attached hydrogen (secondary N) is 1. The van der Waals surface area contributed by atoms with E-state index in [0.717, 1.165) is 25.1 Å². The van der Waals surface area contributed by atoms with E-state index in [-0.39, 0.29) is 30.0 Å². The van der Waals surface area contributed by atoms with Gasteiger partial charge >= 0.3 is 0 Å². The average molecular weight is 277 g/mol. The Morgan fingerprint density at radius 2 is 2.20 bits per heavy atom. The van der Waals surface area contributed by atoms with Crippen LogP contribution in [-0.2, 0) is 4.79 Å². The Labute approximate surface area is 118 Å². The molecule has 0 aliphatic carbocycles. The van der Waals surface area contributed by atoms with Gasteiger partial charge in [-0.15, -0.1) is 0 Å². The largest absolute Gasteiger partial charge is 0.317 e. The van der Waals surface area contributed by atoms with Crippen LogP contribution in [0.5, 0.6) is 0 Å². The molecule has 2 saturated heterocycles. The summed E-state index contributed by atoms with van der Waals surface area (Å²) >= 11 is 0. The van der Waals surface area contributed by atoms with Gasteiger partial charge in [-0.05, 0) is 44.6 Å². The van der Waals surface area contributed by atoms with Gasteiger partial charge in [-0.25, -0.2) is 4.39 Å². The van der Waals surface area contributed by atoms with E-state index in [1.165, 1.54) is 12.1 Å². The Kier molecular flexibility index (Phi) is 3.48. The van der Waals surface area contributed by atoms with Crippen LogP contribution in [0, 0.1) is 5.82 Å². The summed E-state index contributed by atoms with van der Waals surface area (Å²) in [5.41, 5.74) is 0.817. The number of likely N-dealkylation sites (N-methyl/N-ethyl adjacent to an activating group) is 1. The molecule has 1 N–H and O–H groups in total. The van der Waals surface area contributed by atoms with E-state index in [0.29, 0.717) is 0 Å². The minimum absolute atomic E-state index is 0.111. The van der Waals surface area contributed by atoms with Gasteiger partial charge in [0, 0.05) is 12.6 Å². The quantitative estimate of drug-likeness (QED) is 0.886. The lowest BCUT2D eigenvalue weighted by molar-refractivity contribution is -0.131. The van der Waals surface area contributed by atoms with E-state index in [1.807, 2.05) is 17.9 Å². The molecule has 2 heterocycles. The van der Waals surface area contributed by atoms with Gasteiger partial charge in [-0.1, -0.05) is 12.1 Å². The first-order valence-electron chi connectivity index (χ1n) is 7.08. The molecule has 1 aromatic rings. The molecule has 0 bridgehead atoms. The molecule has 20 heavy (non-hydrogen) atoms. The van der Waals surface area contributed by atoms with Crippen molar-refractivity contribution < 1.29 is 9.18 Å². The first-order chi connectivity index (χ1) is 9.56. The third-order valence-corrected chi connectivity index (χ3v) is 4.24. The van der Waals surface area contributed by atoms with Gasteiger partial charge < -0.3 is 9.80 Å². The van der Waals surface area contributed by atoms with Crippen molar-refractivity contribution in [1.29, 1.82) is 0 Å². The highest BCUT2D eigenvalue weighted by atomic mass is 19.1. The number of carbonyl (C=O) groups is 1. The van der Waals surface area contributed by atoms with Crippen LogP contribution in [0.3, 0.4) is 0 Å². The van der Waals surface area contributed by atoms with Gasteiger partial charge in [-0.3, -0.25) is 10.1 Å². The van der Waals surface area contributed by atoms with Gasteiger partial charge in [0.05, 0.1) is 6.04 Å². The Bertz CT molecular complexity index is 522. The fourth-order valence-electron chi connectivity index (χ4n) is 3.20. The minimum atomic E-state index is -0.264. The van der Waals surface area contributed by atoms with Crippen molar-refractivity contribution in [3.05, 3.63) is 35.6 Å². The second-order valence-corrected chi connectivity index (χ2v) is 5.80. The Morgan fingerprint density at radius 3 is 2.85 bits per heavy atom. The second kappa shape index (κ2) is 5.14. The van der Waals surface area contributed by atoms with Crippen LogP contribution < -0.4 is 5.32 Å². The molecule has 3 rings (SSSR count). The van der Waals surface area contributed by atoms with E-state index >= 15 is 0 Å². The zero-order valence-corrected chi connectivity index (χ0v) is 11.8. The van der Waals surface area contributed by atoms with Gasteiger partial charge in [0.2, 0.25) is 5.91 Å². The van der Waals surface area contributed by atoms with Crippen LogP contribution in [-0.4, -0.2) is 47.9 Å². The van der Waals surface area contributed by atoms with Gasteiger partial charge in [0.15, 0.2) is 0 Å². The number of nitrogens with zero attached hydrogens (tertiary/aromatic N) is 2. The molecular weight excluding hydrogens is 257 g/mol. The highest BCUT2D eigenvalue weighted by Crippen LogP contribution is 2.30. The summed E-state index contributed by atoms with van der Waals surface area (Å²) in [6.07, 6.45) is 0.757. The van der Waals surface area contributed by atoms with E-state index in [2.05, 4.69) is 17.3 Å². The summed E-state index contributed by atoms with van der Waals surface area (Å²) in [5, 5.41) is 3.28. The zero-order chi connectivity index (χ0) is 14.3. The number of amides is 1. The summed E-state index contributed by atoms with van der Waals surface area (Å²) in [6, 6.07) is 6.50. The lowest BCUT2D eigenvalue weighted by atomic mass is 10.1. The zero-order valence-electron chi connectivity index (χ0n) is 11.8. The maximum Gasteiger partial charge on any atom is 0.241 e. The molecule has 4 nitrogen and oxygen atoms in total. The summed E-state index contributed by atoms with van der Waals surface area (Å²) in [6.45, 7) is 3.75. The molecular formula is C15H20FN3O. The third-order valence-electron chi connectivity index (χ3n) is 4.24. The van der Waals surface area contributed by atoms with Crippen molar-refractivity contribution in [3.8, 4) is 0 Å². The maximum absolute atomic E-state index is 13.4. The molecule has 1 aromatic carbocycles. The summed E-state index contributed by atoms with van der Waals surface area (Å²) in [4.78, 5) is 16.6.